The van der Waals surface area contributed by atoms with Gasteiger partial charge in [-0.05, 0) is 43.0 Å². The van der Waals surface area contributed by atoms with Crippen LogP contribution in [0.3, 0.4) is 0 Å². The van der Waals surface area contributed by atoms with Crippen molar-refractivity contribution in [2.45, 2.75) is 25.3 Å². The number of benzene rings is 2. The Kier molecular flexibility index (Phi) is 6.63. The fourth-order valence-corrected chi connectivity index (χ4v) is 3.37. The van der Waals surface area contributed by atoms with Crippen LogP contribution < -0.4 is 15.5 Å². The van der Waals surface area contributed by atoms with Crippen LogP contribution in [0.2, 0.25) is 0 Å². The fourth-order valence-electron chi connectivity index (χ4n) is 3.37. The largest absolute Gasteiger partial charge is 0.371 e. The number of guanidine groups is 1. The highest BCUT2D eigenvalue weighted by atomic mass is 19.2. The summed E-state index contributed by atoms with van der Waals surface area (Å²) in [5.74, 6) is -0.874. The maximum Gasteiger partial charge on any atom is 0.191 e. The molecule has 1 saturated heterocycles. The molecule has 0 radical (unpaired) electrons. The van der Waals surface area contributed by atoms with Crippen LogP contribution in [0.15, 0.2) is 53.5 Å². The number of piperidine rings is 1. The SMILES string of the molecule is CN=C(NCCc1cccc(F)c1F)NC1CCN(c2ccccc2)CC1. The smallest absolute Gasteiger partial charge is 0.191 e. The van der Waals surface area contributed by atoms with E-state index in [4.69, 9.17) is 0 Å². The lowest BCUT2D eigenvalue weighted by Crippen LogP contribution is -2.49. The molecule has 27 heavy (non-hydrogen) atoms. The van der Waals surface area contributed by atoms with Gasteiger partial charge in [0.25, 0.3) is 0 Å². The molecule has 3 rings (SSSR count). The maximum atomic E-state index is 13.7. The van der Waals surface area contributed by atoms with E-state index in [0.29, 0.717) is 30.5 Å². The van der Waals surface area contributed by atoms with Gasteiger partial charge in [0, 0.05) is 38.4 Å². The topological polar surface area (TPSA) is 39.7 Å². The summed E-state index contributed by atoms with van der Waals surface area (Å²) >= 11 is 0. The van der Waals surface area contributed by atoms with Gasteiger partial charge >= 0.3 is 0 Å². The molecule has 1 aliphatic heterocycles. The van der Waals surface area contributed by atoms with Crippen LogP contribution >= 0.6 is 0 Å². The van der Waals surface area contributed by atoms with E-state index in [-0.39, 0.29) is 0 Å². The van der Waals surface area contributed by atoms with Gasteiger partial charge in [0.05, 0.1) is 0 Å². The molecule has 0 saturated carbocycles. The van der Waals surface area contributed by atoms with Crippen molar-refractivity contribution in [1.29, 1.82) is 0 Å². The summed E-state index contributed by atoms with van der Waals surface area (Å²) in [6, 6.07) is 15.1. The van der Waals surface area contributed by atoms with E-state index in [1.165, 1.54) is 11.8 Å². The third kappa shape index (κ3) is 5.18. The third-order valence-corrected chi connectivity index (χ3v) is 4.90. The number of nitrogens with one attached hydrogen (secondary N) is 2. The molecule has 0 spiro atoms. The Balaban J connectivity index is 1.44. The molecular formula is C21H26F2N4. The van der Waals surface area contributed by atoms with Gasteiger partial charge in [0.2, 0.25) is 0 Å². The molecule has 4 nitrogen and oxygen atoms in total. The summed E-state index contributed by atoms with van der Waals surface area (Å²) in [5.41, 5.74) is 1.63. The average molecular weight is 372 g/mol. The lowest BCUT2D eigenvalue weighted by Gasteiger charge is -2.34. The van der Waals surface area contributed by atoms with Gasteiger partial charge in [-0.15, -0.1) is 0 Å². The van der Waals surface area contributed by atoms with Crippen LogP contribution in [-0.4, -0.2) is 38.7 Å². The number of hydrogen-bond acceptors (Lipinski definition) is 2. The Hall–Kier alpha value is -2.63. The Morgan fingerprint density at radius 3 is 2.52 bits per heavy atom. The van der Waals surface area contributed by atoms with E-state index in [1.54, 1.807) is 13.1 Å². The average Bonchev–Trinajstić information content (AvgIpc) is 2.71. The highest BCUT2D eigenvalue weighted by molar-refractivity contribution is 5.80. The van der Waals surface area contributed by atoms with E-state index in [1.807, 2.05) is 6.07 Å². The number of halogens is 2. The number of para-hydroxylation sites is 1. The molecule has 0 aromatic heterocycles. The molecule has 0 atom stereocenters. The molecule has 1 fully saturated rings. The van der Waals surface area contributed by atoms with Crippen molar-refractivity contribution in [3.05, 3.63) is 65.7 Å². The molecule has 0 aliphatic carbocycles. The van der Waals surface area contributed by atoms with E-state index < -0.39 is 11.6 Å². The summed E-state index contributed by atoms with van der Waals surface area (Å²) in [5, 5.41) is 6.63. The Morgan fingerprint density at radius 2 is 1.81 bits per heavy atom. The zero-order chi connectivity index (χ0) is 19.1. The van der Waals surface area contributed by atoms with Crippen molar-refractivity contribution in [2.24, 2.45) is 4.99 Å². The molecule has 144 valence electrons. The second-order valence-corrected chi connectivity index (χ2v) is 6.70. The van der Waals surface area contributed by atoms with Gasteiger partial charge in [0.1, 0.15) is 0 Å². The Bertz CT molecular complexity index is 756. The first-order valence-electron chi connectivity index (χ1n) is 9.37. The first-order valence-corrected chi connectivity index (χ1v) is 9.37. The van der Waals surface area contributed by atoms with Crippen LogP contribution in [0.4, 0.5) is 14.5 Å². The second kappa shape index (κ2) is 9.35. The highest BCUT2D eigenvalue weighted by Gasteiger charge is 2.20. The molecule has 0 bridgehead atoms. The van der Waals surface area contributed by atoms with E-state index in [9.17, 15) is 8.78 Å². The first-order chi connectivity index (χ1) is 13.2. The van der Waals surface area contributed by atoms with Crippen molar-refractivity contribution in [1.82, 2.24) is 10.6 Å². The molecule has 2 aromatic rings. The summed E-state index contributed by atoms with van der Waals surface area (Å²) in [4.78, 5) is 6.63. The first kappa shape index (κ1) is 19.1. The van der Waals surface area contributed by atoms with E-state index in [0.717, 1.165) is 32.0 Å². The van der Waals surface area contributed by atoms with Crippen molar-refractivity contribution >= 4 is 11.6 Å². The van der Waals surface area contributed by atoms with Gasteiger partial charge in [-0.2, -0.15) is 0 Å². The van der Waals surface area contributed by atoms with Crippen LogP contribution in [0.25, 0.3) is 0 Å². The molecule has 2 aromatic carbocycles. The van der Waals surface area contributed by atoms with E-state index in [2.05, 4.69) is 44.8 Å². The Morgan fingerprint density at radius 1 is 1.07 bits per heavy atom. The number of nitrogens with zero attached hydrogens (tertiary/aromatic N) is 2. The van der Waals surface area contributed by atoms with Gasteiger partial charge in [-0.1, -0.05) is 30.3 Å². The van der Waals surface area contributed by atoms with Gasteiger partial charge < -0.3 is 15.5 Å². The fraction of sp³-hybridized carbons (Fsp3) is 0.381. The molecule has 1 aliphatic rings. The summed E-state index contributed by atoms with van der Waals surface area (Å²) in [6.45, 7) is 2.48. The number of rotatable bonds is 5. The minimum Gasteiger partial charge on any atom is -0.371 e. The van der Waals surface area contributed by atoms with Gasteiger partial charge in [-0.3, -0.25) is 4.99 Å². The lowest BCUT2D eigenvalue weighted by atomic mass is 10.0. The monoisotopic (exact) mass is 372 g/mol. The number of hydrogen-bond donors (Lipinski definition) is 2. The zero-order valence-corrected chi connectivity index (χ0v) is 15.6. The van der Waals surface area contributed by atoms with Crippen LogP contribution in [0.5, 0.6) is 0 Å². The van der Waals surface area contributed by atoms with Crippen LogP contribution in [-0.2, 0) is 6.42 Å². The predicted octanol–water partition coefficient (Wildman–Crippen LogP) is 3.34. The maximum absolute atomic E-state index is 13.7. The van der Waals surface area contributed by atoms with Gasteiger partial charge in [-0.25, -0.2) is 8.78 Å². The second-order valence-electron chi connectivity index (χ2n) is 6.70. The van der Waals surface area contributed by atoms with Crippen molar-refractivity contribution in [3.8, 4) is 0 Å². The van der Waals surface area contributed by atoms with Crippen molar-refractivity contribution < 1.29 is 8.78 Å². The molecule has 1 heterocycles. The van der Waals surface area contributed by atoms with Crippen molar-refractivity contribution in [3.63, 3.8) is 0 Å². The molecule has 0 amide bonds. The number of aliphatic imine (C=N–C) groups is 1. The molecule has 0 unspecified atom stereocenters. The van der Waals surface area contributed by atoms with Crippen LogP contribution in [0, 0.1) is 11.6 Å². The van der Waals surface area contributed by atoms with Crippen LogP contribution in [0.1, 0.15) is 18.4 Å². The zero-order valence-electron chi connectivity index (χ0n) is 15.6. The highest BCUT2D eigenvalue weighted by Crippen LogP contribution is 2.19. The minimum atomic E-state index is -0.805. The van der Waals surface area contributed by atoms with E-state index >= 15 is 0 Å². The summed E-state index contributed by atoms with van der Waals surface area (Å²) in [6.07, 6.45) is 2.44. The summed E-state index contributed by atoms with van der Waals surface area (Å²) < 4.78 is 27.0. The molecule has 2 N–H and O–H groups in total. The third-order valence-electron chi connectivity index (χ3n) is 4.90. The quantitative estimate of drug-likeness (QED) is 0.625. The molecular weight excluding hydrogens is 346 g/mol. The lowest BCUT2D eigenvalue weighted by molar-refractivity contribution is 0.461. The predicted molar refractivity (Wildman–Crippen MR) is 106 cm³/mol. The Labute approximate surface area is 159 Å². The minimum absolute atomic E-state index is 0.349. The summed E-state index contributed by atoms with van der Waals surface area (Å²) in [7, 11) is 1.72. The normalized spacial score (nSPS) is 15.7. The standard InChI is InChI=1S/C21H26F2N4/c1-24-21(25-13-10-16-6-5-9-19(22)20(16)23)26-17-11-14-27(15-12-17)18-7-3-2-4-8-18/h2-9,17H,10-15H2,1H3,(H2,24,25,26). The molecule has 6 heteroatoms. The number of anilines is 1. The van der Waals surface area contributed by atoms with Gasteiger partial charge in [0.15, 0.2) is 17.6 Å². The van der Waals surface area contributed by atoms with Crippen molar-refractivity contribution in [2.75, 3.05) is 31.6 Å².